The molecule has 1 fully saturated rings. The highest BCUT2D eigenvalue weighted by molar-refractivity contribution is 7.89. The summed E-state index contributed by atoms with van der Waals surface area (Å²) < 4.78 is 26.8. The molecule has 0 saturated carbocycles. The van der Waals surface area contributed by atoms with Gasteiger partial charge in [0.25, 0.3) is 11.8 Å². The van der Waals surface area contributed by atoms with Crippen molar-refractivity contribution in [2.75, 3.05) is 32.7 Å². The maximum atomic E-state index is 12.7. The molecule has 8 heteroatoms. The molecule has 2 N–H and O–H groups in total. The molecule has 2 aromatic carbocycles. The SMILES string of the molecule is CC(C)(C)c1ccc(C(=O)NC(=O)C[NH+]2CCN(S(=O)(=O)c3ccccc3)CC2)cc1. The van der Waals surface area contributed by atoms with Crippen molar-refractivity contribution in [1.29, 1.82) is 0 Å². The Morgan fingerprint density at radius 1 is 0.968 bits per heavy atom. The number of sulfonamides is 1. The van der Waals surface area contributed by atoms with Crippen LogP contribution in [0, 0.1) is 0 Å². The standard InChI is InChI=1S/C23H29N3O4S/c1-23(2,3)19-11-9-18(10-12-19)22(28)24-21(27)17-25-13-15-26(16-14-25)31(29,30)20-7-5-4-6-8-20/h4-12H,13-17H2,1-3H3,(H,24,27,28)/p+1. The molecule has 0 unspecified atom stereocenters. The maximum absolute atomic E-state index is 12.7. The van der Waals surface area contributed by atoms with E-state index >= 15 is 0 Å². The predicted octanol–water partition coefficient (Wildman–Crippen LogP) is 0.830. The fourth-order valence-corrected chi connectivity index (χ4v) is 5.02. The number of nitrogens with one attached hydrogen (secondary N) is 2. The zero-order chi connectivity index (χ0) is 22.6. The van der Waals surface area contributed by atoms with Crippen LogP contribution in [0.25, 0.3) is 0 Å². The first-order chi connectivity index (χ1) is 14.6. The largest absolute Gasteiger partial charge is 0.325 e. The van der Waals surface area contributed by atoms with E-state index in [4.69, 9.17) is 0 Å². The molecule has 2 aromatic rings. The van der Waals surface area contributed by atoms with Crippen molar-refractivity contribution >= 4 is 21.8 Å². The lowest BCUT2D eigenvalue weighted by atomic mass is 9.87. The molecule has 2 amide bonds. The Morgan fingerprint density at radius 3 is 2.10 bits per heavy atom. The minimum atomic E-state index is -3.52. The van der Waals surface area contributed by atoms with E-state index in [1.165, 1.54) is 4.31 Å². The smallest absolute Gasteiger partial charge is 0.282 e. The van der Waals surface area contributed by atoms with Crippen molar-refractivity contribution in [3.8, 4) is 0 Å². The molecule has 1 aliphatic rings. The van der Waals surface area contributed by atoms with Gasteiger partial charge in [-0.2, -0.15) is 4.31 Å². The quantitative estimate of drug-likeness (QED) is 0.715. The van der Waals surface area contributed by atoms with Gasteiger partial charge < -0.3 is 4.90 Å². The zero-order valence-corrected chi connectivity index (χ0v) is 19.0. The molecule has 1 aliphatic heterocycles. The fraction of sp³-hybridized carbons (Fsp3) is 0.391. The van der Waals surface area contributed by atoms with Crippen LogP contribution in [0.4, 0.5) is 0 Å². The number of rotatable bonds is 5. The van der Waals surface area contributed by atoms with Gasteiger partial charge in [-0.1, -0.05) is 51.1 Å². The Morgan fingerprint density at radius 2 is 1.55 bits per heavy atom. The number of hydrogen-bond donors (Lipinski definition) is 2. The average molecular weight is 445 g/mol. The van der Waals surface area contributed by atoms with Gasteiger partial charge in [0.15, 0.2) is 6.54 Å². The van der Waals surface area contributed by atoms with Gasteiger partial charge in [-0.15, -0.1) is 0 Å². The Kier molecular flexibility index (Phi) is 6.93. The van der Waals surface area contributed by atoms with Crippen molar-refractivity contribution in [3.63, 3.8) is 0 Å². The van der Waals surface area contributed by atoms with Crippen LogP contribution in [0.2, 0.25) is 0 Å². The highest BCUT2D eigenvalue weighted by Crippen LogP contribution is 2.22. The summed E-state index contributed by atoms with van der Waals surface area (Å²) in [6, 6.07) is 15.6. The first-order valence-corrected chi connectivity index (χ1v) is 11.8. The highest BCUT2D eigenvalue weighted by atomic mass is 32.2. The van der Waals surface area contributed by atoms with Gasteiger partial charge in [-0.3, -0.25) is 14.9 Å². The molecular weight excluding hydrogens is 414 g/mol. The number of amides is 2. The second-order valence-electron chi connectivity index (χ2n) is 8.85. The monoisotopic (exact) mass is 444 g/mol. The molecule has 0 aromatic heterocycles. The van der Waals surface area contributed by atoms with E-state index in [0.29, 0.717) is 31.7 Å². The van der Waals surface area contributed by atoms with Gasteiger partial charge in [0.05, 0.1) is 31.1 Å². The van der Waals surface area contributed by atoms with Crippen LogP contribution < -0.4 is 10.2 Å². The second-order valence-corrected chi connectivity index (χ2v) is 10.8. The van der Waals surface area contributed by atoms with Crippen LogP contribution in [0.3, 0.4) is 0 Å². The molecule has 0 aliphatic carbocycles. The Labute approximate surface area is 184 Å². The van der Waals surface area contributed by atoms with Gasteiger partial charge >= 0.3 is 0 Å². The maximum Gasteiger partial charge on any atom is 0.282 e. The summed E-state index contributed by atoms with van der Waals surface area (Å²) in [6.45, 7) is 8.11. The number of benzene rings is 2. The number of hydrogen-bond acceptors (Lipinski definition) is 4. The summed E-state index contributed by atoms with van der Waals surface area (Å²) in [5.41, 5.74) is 1.54. The lowest BCUT2D eigenvalue weighted by molar-refractivity contribution is -0.895. The van der Waals surface area contributed by atoms with Crippen LogP contribution in [0.5, 0.6) is 0 Å². The fourth-order valence-electron chi connectivity index (χ4n) is 3.55. The van der Waals surface area contributed by atoms with E-state index < -0.39 is 15.9 Å². The molecule has 3 rings (SSSR count). The lowest BCUT2D eigenvalue weighted by Crippen LogP contribution is -3.15. The molecule has 166 valence electrons. The first kappa shape index (κ1) is 23.1. The normalized spacial score (nSPS) is 16.1. The molecule has 0 bridgehead atoms. The van der Waals surface area contributed by atoms with Crippen molar-refractivity contribution in [2.24, 2.45) is 0 Å². The summed E-state index contributed by atoms with van der Waals surface area (Å²) in [6.07, 6.45) is 0. The van der Waals surface area contributed by atoms with E-state index in [1.54, 1.807) is 42.5 Å². The third-order valence-corrected chi connectivity index (χ3v) is 7.40. The molecule has 31 heavy (non-hydrogen) atoms. The third-order valence-electron chi connectivity index (χ3n) is 5.49. The van der Waals surface area contributed by atoms with Crippen LogP contribution in [-0.4, -0.2) is 57.3 Å². The average Bonchev–Trinajstić information content (AvgIpc) is 2.74. The van der Waals surface area contributed by atoms with Crippen molar-refractivity contribution in [2.45, 2.75) is 31.1 Å². The summed E-state index contributed by atoms with van der Waals surface area (Å²) in [5.74, 6) is -0.783. The van der Waals surface area contributed by atoms with Crippen LogP contribution in [0.15, 0.2) is 59.5 Å². The van der Waals surface area contributed by atoms with E-state index in [9.17, 15) is 18.0 Å². The number of carbonyl (C=O) groups is 2. The molecule has 1 saturated heterocycles. The van der Waals surface area contributed by atoms with Crippen molar-refractivity contribution in [1.82, 2.24) is 9.62 Å². The number of imide groups is 1. The summed E-state index contributed by atoms with van der Waals surface area (Å²) >= 11 is 0. The molecule has 0 radical (unpaired) electrons. The molecule has 0 spiro atoms. The van der Waals surface area contributed by atoms with E-state index in [1.807, 2.05) is 12.1 Å². The van der Waals surface area contributed by atoms with Gasteiger partial charge in [0, 0.05) is 5.56 Å². The third kappa shape index (κ3) is 5.78. The molecule has 1 heterocycles. The van der Waals surface area contributed by atoms with E-state index in [-0.39, 0.29) is 22.8 Å². The van der Waals surface area contributed by atoms with Gasteiger partial charge in [0.2, 0.25) is 10.0 Å². The van der Waals surface area contributed by atoms with Crippen molar-refractivity contribution < 1.29 is 22.9 Å². The summed E-state index contributed by atoms with van der Waals surface area (Å²) in [5, 5.41) is 2.44. The molecule has 7 nitrogen and oxygen atoms in total. The Bertz CT molecular complexity index is 1020. The summed E-state index contributed by atoms with van der Waals surface area (Å²) in [4.78, 5) is 25.9. The van der Waals surface area contributed by atoms with Gasteiger partial charge in [-0.05, 0) is 35.2 Å². The van der Waals surface area contributed by atoms with Crippen LogP contribution in [0.1, 0.15) is 36.7 Å². The van der Waals surface area contributed by atoms with Gasteiger partial charge in [0.1, 0.15) is 0 Å². The molecular formula is C23H30N3O4S+. The number of quaternary nitrogens is 1. The zero-order valence-electron chi connectivity index (χ0n) is 18.2. The Hall–Kier alpha value is -2.55. The lowest BCUT2D eigenvalue weighted by Gasteiger charge is -2.31. The Balaban J connectivity index is 1.50. The predicted molar refractivity (Wildman–Crippen MR) is 118 cm³/mol. The number of piperazine rings is 1. The minimum absolute atomic E-state index is 0.00960. The second kappa shape index (κ2) is 9.30. The van der Waals surface area contributed by atoms with E-state index in [2.05, 4.69) is 26.1 Å². The minimum Gasteiger partial charge on any atom is -0.325 e. The van der Waals surface area contributed by atoms with E-state index in [0.717, 1.165) is 10.5 Å². The molecule has 0 atom stereocenters. The number of carbonyl (C=O) groups excluding carboxylic acids is 2. The summed E-state index contributed by atoms with van der Waals surface area (Å²) in [7, 11) is -3.52. The van der Waals surface area contributed by atoms with Gasteiger partial charge in [-0.25, -0.2) is 8.42 Å². The highest BCUT2D eigenvalue weighted by Gasteiger charge is 2.31. The topological polar surface area (TPSA) is 88.0 Å². The number of nitrogens with zero attached hydrogens (tertiary/aromatic N) is 1. The first-order valence-electron chi connectivity index (χ1n) is 10.4. The van der Waals surface area contributed by atoms with Crippen molar-refractivity contribution in [3.05, 3.63) is 65.7 Å². The van der Waals surface area contributed by atoms with Crippen LogP contribution >= 0.6 is 0 Å². The van der Waals surface area contributed by atoms with Crippen LogP contribution in [-0.2, 0) is 20.2 Å².